The van der Waals surface area contributed by atoms with E-state index in [0.717, 1.165) is 37.1 Å². The third-order valence-electron chi connectivity index (χ3n) is 6.63. The maximum atomic E-state index is 12.6. The van der Waals surface area contributed by atoms with E-state index in [2.05, 4.69) is 30.0 Å². The summed E-state index contributed by atoms with van der Waals surface area (Å²) in [7, 11) is -3.44. The van der Waals surface area contributed by atoms with E-state index in [1.165, 1.54) is 6.20 Å². The van der Waals surface area contributed by atoms with Gasteiger partial charge in [0.1, 0.15) is 5.69 Å². The zero-order valence-electron chi connectivity index (χ0n) is 21.1. The van der Waals surface area contributed by atoms with E-state index < -0.39 is 15.9 Å². The number of hydrogen-bond acceptors (Lipinski definition) is 10. The van der Waals surface area contributed by atoms with Gasteiger partial charge in [-0.2, -0.15) is 0 Å². The summed E-state index contributed by atoms with van der Waals surface area (Å²) >= 11 is 1.16. The number of piperidine rings is 1. The van der Waals surface area contributed by atoms with Crippen LogP contribution in [0.3, 0.4) is 0 Å². The smallest absolute Gasteiger partial charge is 0.277 e. The average Bonchev–Trinajstić information content (AvgIpc) is 3.68. The van der Waals surface area contributed by atoms with Crippen LogP contribution >= 0.6 is 11.3 Å². The molecule has 13 heteroatoms. The summed E-state index contributed by atoms with van der Waals surface area (Å²) in [6, 6.07) is 3.60. The number of thiazole rings is 1. The summed E-state index contributed by atoms with van der Waals surface area (Å²) in [5, 5.41) is 3.39. The fourth-order valence-electron chi connectivity index (χ4n) is 4.64. The van der Waals surface area contributed by atoms with Crippen molar-refractivity contribution in [1.29, 1.82) is 0 Å². The van der Waals surface area contributed by atoms with Gasteiger partial charge in [0.15, 0.2) is 5.01 Å². The molecule has 0 unspecified atom stereocenters. The highest BCUT2D eigenvalue weighted by Crippen LogP contribution is 2.40. The highest BCUT2D eigenvalue weighted by molar-refractivity contribution is 7.93. The van der Waals surface area contributed by atoms with Gasteiger partial charge in [-0.25, -0.2) is 18.4 Å². The number of carbonyl (C=O) groups excluding carboxylic acids is 1. The van der Waals surface area contributed by atoms with Gasteiger partial charge in [-0.15, -0.1) is 11.3 Å². The van der Waals surface area contributed by atoms with Gasteiger partial charge in [0.05, 0.1) is 46.2 Å². The first-order chi connectivity index (χ1) is 18.3. The van der Waals surface area contributed by atoms with Crippen molar-refractivity contribution in [3.63, 3.8) is 0 Å². The van der Waals surface area contributed by atoms with Gasteiger partial charge < -0.3 is 15.8 Å². The number of nitrogens with one attached hydrogen (secondary N) is 2. The quantitative estimate of drug-likeness (QED) is 0.322. The highest BCUT2D eigenvalue weighted by Gasteiger charge is 2.36. The highest BCUT2D eigenvalue weighted by atomic mass is 32.2. The van der Waals surface area contributed by atoms with Gasteiger partial charge in [0.25, 0.3) is 5.91 Å². The lowest BCUT2D eigenvalue weighted by atomic mass is 9.88. The SMILES string of the molecule is CCOc1cncc(-c2sc(C(N)=O)nc2[C@H](C[C@H]2CCCCN2)c2cc(NS(=O)(=O)C3CC3)ccn2)n1. The fraction of sp³-hybridized carbons (Fsp3) is 0.480. The molecule has 2 aliphatic rings. The molecule has 3 aromatic rings. The molecule has 0 spiro atoms. The van der Waals surface area contributed by atoms with Crippen LogP contribution in [0.15, 0.2) is 30.7 Å². The third-order valence-corrected chi connectivity index (χ3v) is 9.60. The molecule has 1 saturated carbocycles. The van der Waals surface area contributed by atoms with Crippen LogP contribution in [-0.4, -0.2) is 58.7 Å². The molecule has 1 saturated heterocycles. The summed E-state index contributed by atoms with van der Waals surface area (Å²) in [6.45, 7) is 3.22. The predicted octanol–water partition coefficient (Wildman–Crippen LogP) is 3.06. The van der Waals surface area contributed by atoms with Crippen LogP contribution in [0.25, 0.3) is 10.6 Å². The maximum absolute atomic E-state index is 12.6. The van der Waals surface area contributed by atoms with Crippen molar-refractivity contribution >= 4 is 33.0 Å². The Labute approximate surface area is 225 Å². The zero-order valence-corrected chi connectivity index (χ0v) is 22.7. The monoisotopic (exact) mass is 557 g/mol. The third kappa shape index (κ3) is 6.11. The van der Waals surface area contributed by atoms with E-state index in [9.17, 15) is 13.2 Å². The van der Waals surface area contributed by atoms with Crippen molar-refractivity contribution in [1.82, 2.24) is 25.3 Å². The van der Waals surface area contributed by atoms with E-state index in [1.54, 1.807) is 24.5 Å². The number of nitrogens with two attached hydrogens (primary N) is 1. The van der Waals surface area contributed by atoms with E-state index in [4.69, 9.17) is 10.5 Å². The van der Waals surface area contributed by atoms with Crippen LogP contribution < -0.4 is 20.5 Å². The Morgan fingerprint density at radius 1 is 1.26 bits per heavy atom. The second kappa shape index (κ2) is 11.3. The van der Waals surface area contributed by atoms with Crippen molar-refractivity contribution in [2.45, 2.75) is 62.7 Å². The molecule has 38 heavy (non-hydrogen) atoms. The van der Waals surface area contributed by atoms with E-state index in [-0.39, 0.29) is 22.2 Å². The number of aromatic nitrogens is 4. The average molecular weight is 558 g/mol. The zero-order chi connectivity index (χ0) is 26.7. The maximum Gasteiger partial charge on any atom is 0.277 e. The molecule has 11 nitrogen and oxygen atoms in total. The molecule has 3 aromatic heterocycles. The molecule has 4 heterocycles. The van der Waals surface area contributed by atoms with Crippen molar-refractivity contribution in [2.75, 3.05) is 17.9 Å². The van der Waals surface area contributed by atoms with Crippen LogP contribution in [0.2, 0.25) is 0 Å². The first kappa shape index (κ1) is 26.4. The summed E-state index contributed by atoms with van der Waals surface area (Å²) in [6.07, 6.45) is 9.94. The number of rotatable bonds is 11. The summed E-state index contributed by atoms with van der Waals surface area (Å²) in [5.41, 5.74) is 7.86. The molecule has 4 N–H and O–H groups in total. The molecule has 2 atom stereocenters. The minimum atomic E-state index is -3.44. The first-order valence-corrected chi connectivity index (χ1v) is 15.2. The molecule has 202 valence electrons. The van der Waals surface area contributed by atoms with Gasteiger partial charge in [-0.05, 0) is 57.7 Å². The van der Waals surface area contributed by atoms with E-state index in [0.29, 0.717) is 59.4 Å². The first-order valence-electron chi connectivity index (χ1n) is 12.8. The van der Waals surface area contributed by atoms with Crippen LogP contribution in [0.4, 0.5) is 5.69 Å². The number of hydrogen-bond donors (Lipinski definition) is 3. The molecule has 1 aliphatic carbocycles. The van der Waals surface area contributed by atoms with Gasteiger partial charge in [-0.1, -0.05) is 6.42 Å². The second-order valence-corrected chi connectivity index (χ2v) is 12.5. The minimum Gasteiger partial charge on any atom is -0.477 e. The Hall–Kier alpha value is -3.16. The topological polar surface area (TPSA) is 162 Å². The van der Waals surface area contributed by atoms with Gasteiger partial charge in [-0.3, -0.25) is 19.5 Å². The number of ether oxygens (including phenoxy) is 1. The summed E-state index contributed by atoms with van der Waals surface area (Å²) in [5.74, 6) is -0.622. The van der Waals surface area contributed by atoms with Gasteiger partial charge >= 0.3 is 0 Å². The Bertz CT molecular complexity index is 1400. The molecule has 5 rings (SSSR count). The molecule has 1 amide bonds. The molecule has 0 radical (unpaired) electrons. The van der Waals surface area contributed by atoms with Crippen LogP contribution in [0.1, 0.15) is 72.6 Å². The van der Waals surface area contributed by atoms with Crippen molar-refractivity contribution in [3.8, 4) is 16.5 Å². The molecule has 2 fully saturated rings. The lowest BCUT2D eigenvalue weighted by Gasteiger charge is -2.27. The van der Waals surface area contributed by atoms with Crippen molar-refractivity contribution in [3.05, 3.63) is 47.1 Å². The normalized spacial score (nSPS) is 18.6. The van der Waals surface area contributed by atoms with Gasteiger partial charge in [0, 0.05) is 18.2 Å². The Morgan fingerprint density at radius 2 is 2.11 bits per heavy atom. The lowest BCUT2D eigenvalue weighted by Crippen LogP contribution is -2.35. The number of anilines is 1. The van der Waals surface area contributed by atoms with E-state index in [1.807, 2.05) is 6.92 Å². The van der Waals surface area contributed by atoms with Crippen molar-refractivity contribution < 1.29 is 17.9 Å². The van der Waals surface area contributed by atoms with Crippen LogP contribution in [0, 0.1) is 0 Å². The molecular weight excluding hydrogens is 526 g/mol. The van der Waals surface area contributed by atoms with Crippen molar-refractivity contribution in [2.24, 2.45) is 5.73 Å². The number of nitrogens with zero attached hydrogens (tertiary/aromatic N) is 4. The van der Waals surface area contributed by atoms with Crippen LogP contribution in [0.5, 0.6) is 5.88 Å². The number of sulfonamides is 1. The Morgan fingerprint density at radius 3 is 2.82 bits per heavy atom. The molecule has 1 aliphatic heterocycles. The van der Waals surface area contributed by atoms with E-state index >= 15 is 0 Å². The number of pyridine rings is 1. The molecular formula is C25H31N7O4S2. The second-order valence-electron chi connectivity index (χ2n) is 9.52. The Kier molecular flexibility index (Phi) is 7.86. The minimum absolute atomic E-state index is 0.158. The lowest BCUT2D eigenvalue weighted by molar-refractivity contribution is 0.0999. The molecule has 0 aromatic carbocycles. The standard InChI is InChI=1S/C25H31N7O4S2/c1-2-36-21-14-27-13-20(30-21)23-22(31-25(37-23)24(26)33)18(11-15-5-3-4-9-28-15)19-12-16(8-10-29-19)32-38(34,35)17-6-7-17/h8,10,12-15,17-18,28H,2-7,9,11H2,1H3,(H2,26,33)(H,29,32)/t15-,18-/m1/s1. The number of amides is 1. The summed E-state index contributed by atoms with van der Waals surface area (Å²) in [4.78, 5) is 31.0. The molecule has 0 bridgehead atoms. The fourth-order valence-corrected chi connectivity index (χ4v) is 6.95. The van der Waals surface area contributed by atoms with Gasteiger partial charge in [0.2, 0.25) is 15.9 Å². The Balaban J connectivity index is 1.58. The summed E-state index contributed by atoms with van der Waals surface area (Å²) < 4.78 is 33.5. The largest absolute Gasteiger partial charge is 0.477 e. The van der Waals surface area contributed by atoms with Crippen LogP contribution in [-0.2, 0) is 10.0 Å². The predicted molar refractivity (Wildman–Crippen MR) is 145 cm³/mol. The number of carbonyl (C=O) groups is 1. The number of primary amides is 1.